The number of methoxy groups -OCH3 is 1. The van der Waals surface area contributed by atoms with Gasteiger partial charge in [0.05, 0.1) is 13.2 Å². The molecule has 3 amide bonds. The number of ether oxygens (including phenoxy) is 1. The fraction of sp³-hybridized carbons (Fsp3) is 0.429. The van der Waals surface area contributed by atoms with E-state index in [1.807, 2.05) is 36.9 Å². The first kappa shape index (κ1) is 22.8. The summed E-state index contributed by atoms with van der Waals surface area (Å²) in [5, 5.41) is 3.35. The number of hydrogen-bond acceptors (Lipinski definition) is 3. The van der Waals surface area contributed by atoms with Crippen LogP contribution in [0.25, 0.3) is 0 Å². The second kappa shape index (κ2) is 11.5. The zero-order valence-corrected chi connectivity index (χ0v) is 18.0. The van der Waals surface area contributed by atoms with Crippen molar-refractivity contribution in [1.82, 2.24) is 14.4 Å². The Morgan fingerprint density at radius 1 is 1.17 bits per heavy atom. The van der Waals surface area contributed by atoms with Gasteiger partial charge in [0.25, 0.3) is 0 Å². The molecule has 0 atom stereocenters. The monoisotopic (exact) mass is 420 g/mol. The van der Waals surface area contributed by atoms with E-state index >= 15 is 0 Å². The lowest BCUT2D eigenvalue weighted by Gasteiger charge is -2.27. The SMILES string of the molecule is CCCN(CC(=O)N(CCOC)Cc1cccn1C)C(=O)Nc1cccc(Cl)c1. The Labute approximate surface area is 177 Å². The number of nitrogens with zero attached hydrogens (tertiary/aromatic N) is 3. The van der Waals surface area contributed by atoms with E-state index in [0.29, 0.717) is 37.0 Å². The molecule has 1 aromatic heterocycles. The highest BCUT2D eigenvalue weighted by Crippen LogP contribution is 2.15. The molecule has 8 heteroatoms. The van der Waals surface area contributed by atoms with Crippen molar-refractivity contribution in [3.8, 4) is 0 Å². The van der Waals surface area contributed by atoms with Crippen molar-refractivity contribution in [1.29, 1.82) is 0 Å². The molecule has 0 bridgehead atoms. The van der Waals surface area contributed by atoms with E-state index in [2.05, 4.69) is 5.32 Å². The molecule has 0 aliphatic rings. The zero-order chi connectivity index (χ0) is 21.2. The van der Waals surface area contributed by atoms with E-state index in [4.69, 9.17) is 16.3 Å². The van der Waals surface area contributed by atoms with Gasteiger partial charge in [-0.1, -0.05) is 24.6 Å². The minimum atomic E-state index is -0.326. The van der Waals surface area contributed by atoms with E-state index in [9.17, 15) is 9.59 Å². The maximum atomic E-state index is 13.0. The van der Waals surface area contributed by atoms with E-state index < -0.39 is 0 Å². The van der Waals surface area contributed by atoms with Crippen LogP contribution in [-0.2, 0) is 23.1 Å². The Kier molecular flexibility index (Phi) is 9.02. The van der Waals surface area contributed by atoms with Gasteiger partial charge in [-0.2, -0.15) is 0 Å². The maximum Gasteiger partial charge on any atom is 0.322 e. The van der Waals surface area contributed by atoms with Crippen LogP contribution < -0.4 is 5.32 Å². The van der Waals surface area contributed by atoms with Gasteiger partial charge in [0.15, 0.2) is 0 Å². The smallest absolute Gasteiger partial charge is 0.322 e. The fourth-order valence-corrected chi connectivity index (χ4v) is 3.09. The van der Waals surface area contributed by atoms with Crippen LogP contribution in [0.15, 0.2) is 42.6 Å². The molecule has 0 saturated carbocycles. The molecular weight excluding hydrogens is 392 g/mol. The summed E-state index contributed by atoms with van der Waals surface area (Å²) in [5.41, 5.74) is 1.61. The van der Waals surface area contributed by atoms with Crippen molar-refractivity contribution in [2.45, 2.75) is 19.9 Å². The summed E-state index contributed by atoms with van der Waals surface area (Å²) in [6.45, 7) is 3.78. The molecule has 2 aromatic rings. The van der Waals surface area contributed by atoms with Gasteiger partial charge in [-0.3, -0.25) is 4.79 Å². The highest BCUT2D eigenvalue weighted by molar-refractivity contribution is 6.30. The van der Waals surface area contributed by atoms with Gasteiger partial charge in [0.1, 0.15) is 6.54 Å². The number of rotatable bonds is 10. The first-order valence-corrected chi connectivity index (χ1v) is 10.0. The number of anilines is 1. The van der Waals surface area contributed by atoms with Crippen LogP contribution in [0.5, 0.6) is 0 Å². The molecule has 7 nitrogen and oxygen atoms in total. The van der Waals surface area contributed by atoms with Gasteiger partial charge in [-0.05, 0) is 36.8 Å². The third-order valence-corrected chi connectivity index (χ3v) is 4.74. The van der Waals surface area contributed by atoms with Gasteiger partial charge in [-0.15, -0.1) is 0 Å². The number of aryl methyl sites for hydroxylation is 1. The summed E-state index contributed by atoms with van der Waals surface area (Å²) in [5.74, 6) is -0.127. The predicted molar refractivity (Wildman–Crippen MR) is 115 cm³/mol. The van der Waals surface area contributed by atoms with Gasteiger partial charge in [0.2, 0.25) is 5.91 Å². The quantitative estimate of drug-likeness (QED) is 0.638. The molecule has 1 heterocycles. The molecule has 0 fully saturated rings. The number of aromatic nitrogens is 1. The van der Waals surface area contributed by atoms with Crippen LogP contribution >= 0.6 is 11.6 Å². The van der Waals surface area contributed by atoms with Crippen LogP contribution in [-0.4, -0.2) is 59.7 Å². The second-order valence-corrected chi connectivity index (χ2v) is 7.22. The number of hydrogen-bond donors (Lipinski definition) is 1. The van der Waals surface area contributed by atoms with Gasteiger partial charge in [0, 0.05) is 49.8 Å². The minimum Gasteiger partial charge on any atom is -0.383 e. The number of carbonyl (C=O) groups excluding carboxylic acids is 2. The summed E-state index contributed by atoms with van der Waals surface area (Å²) < 4.78 is 7.13. The normalized spacial score (nSPS) is 10.6. The fourth-order valence-electron chi connectivity index (χ4n) is 2.90. The van der Waals surface area contributed by atoms with Gasteiger partial charge < -0.3 is 24.4 Å². The molecule has 0 aliphatic heterocycles. The molecule has 0 saturated heterocycles. The highest BCUT2D eigenvalue weighted by atomic mass is 35.5. The third kappa shape index (κ3) is 7.11. The molecule has 0 unspecified atom stereocenters. The lowest BCUT2D eigenvalue weighted by atomic mass is 10.3. The average molecular weight is 421 g/mol. The van der Waals surface area contributed by atoms with Gasteiger partial charge in [-0.25, -0.2) is 4.79 Å². The van der Waals surface area contributed by atoms with Crippen LogP contribution in [0.4, 0.5) is 10.5 Å². The summed E-state index contributed by atoms with van der Waals surface area (Å²) in [7, 11) is 3.54. The summed E-state index contributed by atoms with van der Waals surface area (Å²) in [4.78, 5) is 29.0. The molecule has 0 aliphatic carbocycles. The van der Waals surface area contributed by atoms with Crippen molar-refractivity contribution in [2.75, 3.05) is 38.7 Å². The lowest BCUT2D eigenvalue weighted by molar-refractivity contribution is -0.133. The molecule has 2 rings (SSSR count). The predicted octanol–water partition coefficient (Wildman–Crippen LogP) is 3.60. The Morgan fingerprint density at radius 2 is 1.97 bits per heavy atom. The van der Waals surface area contributed by atoms with Crippen LogP contribution in [0.1, 0.15) is 19.0 Å². The number of halogens is 1. The van der Waals surface area contributed by atoms with Crippen molar-refractivity contribution >= 4 is 29.2 Å². The maximum absolute atomic E-state index is 13.0. The van der Waals surface area contributed by atoms with E-state index in [1.165, 1.54) is 4.90 Å². The van der Waals surface area contributed by atoms with Crippen LogP contribution in [0.2, 0.25) is 5.02 Å². The summed E-state index contributed by atoms with van der Waals surface area (Å²) in [6, 6.07) is 10.5. The van der Waals surface area contributed by atoms with E-state index in [0.717, 1.165) is 12.1 Å². The second-order valence-electron chi connectivity index (χ2n) is 6.78. The van der Waals surface area contributed by atoms with Crippen molar-refractivity contribution in [3.05, 3.63) is 53.3 Å². The Hall–Kier alpha value is -2.51. The number of amides is 3. The average Bonchev–Trinajstić information content (AvgIpc) is 3.09. The number of benzene rings is 1. The third-order valence-electron chi connectivity index (χ3n) is 4.50. The Balaban J connectivity index is 2.07. The Morgan fingerprint density at radius 3 is 2.59 bits per heavy atom. The van der Waals surface area contributed by atoms with Crippen molar-refractivity contribution in [2.24, 2.45) is 7.05 Å². The van der Waals surface area contributed by atoms with E-state index in [1.54, 1.807) is 36.3 Å². The molecular formula is C21H29ClN4O3. The molecule has 158 valence electrons. The number of nitrogens with one attached hydrogen (secondary N) is 1. The molecule has 0 radical (unpaired) electrons. The number of carbonyl (C=O) groups is 2. The molecule has 1 N–H and O–H groups in total. The van der Waals surface area contributed by atoms with Gasteiger partial charge >= 0.3 is 6.03 Å². The van der Waals surface area contributed by atoms with Crippen LogP contribution in [0.3, 0.4) is 0 Å². The summed E-state index contributed by atoms with van der Waals surface area (Å²) >= 11 is 5.98. The topological polar surface area (TPSA) is 66.8 Å². The Bertz CT molecular complexity index is 809. The highest BCUT2D eigenvalue weighted by Gasteiger charge is 2.21. The first-order valence-electron chi connectivity index (χ1n) is 9.63. The van der Waals surface area contributed by atoms with Crippen LogP contribution in [0, 0.1) is 0 Å². The number of urea groups is 1. The molecule has 0 spiro atoms. The standard InChI is InChI=1S/C21H29ClN4O3/c1-4-10-26(21(28)23-18-8-5-7-17(22)14-18)16-20(27)25(12-13-29-3)15-19-9-6-11-24(19)2/h5-9,11,14H,4,10,12-13,15-16H2,1-3H3,(H,23,28). The zero-order valence-electron chi connectivity index (χ0n) is 17.2. The molecule has 1 aromatic carbocycles. The summed E-state index contributed by atoms with van der Waals surface area (Å²) in [6.07, 6.45) is 2.68. The van der Waals surface area contributed by atoms with Crippen molar-refractivity contribution < 1.29 is 14.3 Å². The lowest BCUT2D eigenvalue weighted by Crippen LogP contribution is -2.45. The molecule has 29 heavy (non-hydrogen) atoms. The first-order chi connectivity index (χ1) is 13.9. The largest absolute Gasteiger partial charge is 0.383 e. The minimum absolute atomic E-state index is 0.00558. The van der Waals surface area contributed by atoms with Crippen molar-refractivity contribution in [3.63, 3.8) is 0 Å². The van der Waals surface area contributed by atoms with E-state index in [-0.39, 0.29) is 18.5 Å².